The number of aromatic nitrogens is 1. The summed E-state index contributed by atoms with van der Waals surface area (Å²) in [4.78, 5) is 23.3. The van der Waals surface area contributed by atoms with Crippen molar-refractivity contribution in [2.45, 2.75) is 16.2 Å². The summed E-state index contributed by atoms with van der Waals surface area (Å²) in [6.07, 6.45) is 1.91. The number of thioether (sulfide) groups is 1. The zero-order valence-electron chi connectivity index (χ0n) is 18.5. The summed E-state index contributed by atoms with van der Waals surface area (Å²) in [6, 6.07) is 14.3. The number of amides is 1. The summed E-state index contributed by atoms with van der Waals surface area (Å²) in [6.45, 7) is 4.15. The van der Waals surface area contributed by atoms with E-state index in [1.54, 1.807) is 47.0 Å². The van der Waals surface area contributed by atoms with Crippen LogP contribution in [-0.2, 0) is 19.4 Å². The Bertz CT molecular complexity index is 1190. The molecule has 1 aromatic heterocycles. The molecule has 0 N–H and O–H groups in total. The van der Waals surface area contributed by atoms with E-state index >= 15 is 0 Å². The molecule has 1 aliphatic heterocycles. The van der Waals surface area contributed by atoms with Crippen LogP contribution in [0, 0.1) is 0 Å². The number of hydrogen-bond acceptors (Lipinski definition) is 8. The second kappa shape index (κ2) is 11.0. The monoisotopic (exact) mass is 505 g/mol. The molecule has 33 heavy (non-hydrogen) atoms. The van der Waals surface area contributed by atoms with E-state index in [1.807, 2.05) is 24.5 Å². The van der Waals surface area contributed by atoms with Crippen molar-refractivity contribution in [2.24, 2.45) is 0 Å². The minimum absolute atomic E-state index is 0.0916. The third-order valence-corrected chi connectivity index (χ3v) is 9.10. The minimum atomic E-state index is -3.54. The first kappa shape index (κ1) is 24.2. The lowest BCUT2D eigenvalue weighted by molar-refractivity contribution is -0.118. The number of para-hydroxylation sites is 1. The quantitative estimate of drug-likeness (QED) is 0.412. The van der Waals surface area contributed by atoms with Crippen LogP contribution in [0.3, 0.4) is 0 Å². The van der Waals surface area contributed by atoms with Crippen LogP contribution in [-0.4, -0.2) is 75.6 Å². The number of nitrogens with zero attached hydrogens (tertiary/aromatic N) is 3. The normalized spacial score (nSPS) is 15.1. The average Bonchev–Trinajstić information content (AvgIpc) is 3.28. The number of hydrogen-bond donors (Lipinski definition) is 0. The molecule has 10 heteroatoms. The van der Waals surface area contributed by atoms with Gasteiger partial charge in [0.25, 0.3) is 0 Å². The van der Waals surface area contributed by atoms with Gasteiger partial charge in [-0.25, -0.2) is 13.4 Å². The largest absolute Gasteiger partial charge is 0.379 e. The molecule has 1 saturated heterocycles. The van der Waals surface area contributed by atoms with Gasteiger partial charge in [-0.3, -0.25) is 14.6 Å². The van der Waals surface area contributed by atoms with Crippen molar-refractivity contribution < 1.29 is 17.9 Å². The number of sulfone groups is 1. The predicted molar refractivity (Wildman–Crippen MR) is 134 cm³/mol. The van der Waals surface area contributed by atoms with Crippen molar-refractivity contribution in [1.29, 1.82) is 0 Å². The summed E-state index contributed by atoms with van der Waals surface area (Å²) in [5.74, 6) is -0.460. The number of rotatable bonds is 9. The Hall–Kier alpha value is -1.98. The van der Waals surface area contributed by atoms with Gasteiger partial charge in [0.1, 0.15) is 0 Å². The lowest BCUT2D eigenvalue weighted by Crippen LogP contribution is -2.43. The Kier molecular flexibility index (Phi) is 8.02. The van der Waals surface area contributed by atoms with E-state index in [4.69, 9.17) is 9.72 Å². The van der Waals surface area contributed by atoms with E-state index < -0.39 is 9.84 Å². The van der Waals surface area contributed by atoms with Crippen LogP contribution >= 0.6 is 23.1 Å². The minimum Gasteiger partial charge on any atom is -0.379 e. The summed E-state index contributed by atoms with van der Waals surface area (Å²) < 4.78 is 31.9. The first-order chi connectivity index (χ1) is 16.0. The van der Waals surface area contributed by atoms with Gasteiger partial charge >= 0.3 is 0 Å². The van der Waals surface area contributed by atoms with Crippen LogP contribution in [0.4, 0.5) is 5.13 Å². The maximum atomic E-state index is 13.3. The Morgan fingerprint density at radius 1 is 1.15 bits per heavy atom. The summed E-state index contributed by atoms with van der Waals surface area (Å²) >= 11 is 3.09. The number of morpholine rings is 1. The fraction of sp³-hybridized carbons (Fsp3) is 0.391. The first-order valence-electron chi connectivity index (χ1n) is 10.8. The first-order valence-corrected chi connectivity index (χ1v) is 14.5. The zero-order valence-corrected chi connectivity index (χ0v) is 20.9. The molecule has 2 aromatic carbocycles. The highest BCUT2D eigenvalue weighted by molar-refractivity contribution is 7.98. The Balaban J connectivity index is 1.55. The number of carbonyl (C=O) groups is 1. The van der Waals surface area contributed by atoms with E-state index in [-0.39, 0.29) is 23.0 Å². The molecule has 176 valence electrons. The Labute approximate surface area is 202 Å². The summed E-state index contributed by atoms with van der Waals surface area (Å²) in [7, 11) is -3.54. The van der Waals surface area contributed by atoms with Crippen molar-refractivity contribution in [3.05, 3.63) is 48.5 Å². The van der Waals surface area contributed by atoms with Crippen molar-refractivity contribution in [1.82, 2.24) is 9.88 Å². The summed E-state index contributed by atoms with van der Waals surface area (Å²) in [5.41, 5.74) is 0.881. The SMILES string of the molecule is CSc1cccc2sc(N(CCN3CCOCC3)C(=O)CCS(=O)(=O)c3ccccc3)nc12. The van der Waals surface area contributed by atoms with E-state index in [1.165, 1.54) is 11.3 Å². The van der Waals surface area contributed by atoms with Crippen molar-refractivity contribution in [3.63, 3.8) is 0 Å². The van der Waals surface area contributed by atoms with Gasteiger partial charge < -0.3 is 4.74 Å². The molecule has 0 radical (unpaired) electrons. The van der Waals surface area contributed by atoms with Gasteiger partial charge in [-0.05, 0) is 30.5 Å². The molecule has 3 aromatic rings. The van der Waals surface area contributed by atoms with Gasteiger partial charge in [-0.2, -0.15) is 0 Å². The maximum absolute atomic E-state index is 13.3. The molecule has 1 aliphatic rings. The second-order valence-corrected chi connectivity index (χ2v) is 11.7. The average molecular weight is 506 g/mol. The molecule has 1 amide bonds. The third kappa shape index (κ3) is 5.93. The Morgan fingerprint density at radius 3 is 2.64 bits per heavy atom. The van der Waals surface area contributed by atoms with Gasteiger partial charge in [0.15, 0.2) is 15.0 Å². The molecule has 4 rings (SSSR count). The molecule has 0 spiro atoms. The molecule has 0 unspecified atom stereocenters. The lowest BCUT2D eigenvalue weighted by Gasteiger charge is -2.29. The van der Waals surface area contributed by atoms with Crippen LogP contribution in [0.15, 0.2) is 58.3 Å². The molecule has 7 nitrogen and oxygen atoms in total. The highest BCUT2D eigenvalue weighted by Gasteiger charge is 2.24. The van der Waals surface area contributed by atoms with Gasteiger partial charge in [0.05, 0.1) is 34.1 Å². The lowest BCUT2D eigenvalue weighted by atomic mass is 10.3. The standard InChI is InChI=1S/C23H27N3O4S3/c1-31-19-8-5-9-20-22(19)24-23(32-20)26(12-11-25-13-15-30-16-14-25)21(27)10-17-33(28,29)18-6-3-2-4-7-18/h2-9H,10-17H2,1H3. The van der Waals surface area contributed by atoms with Gasteiger partial charge in [-0.1, -0.05) is 35.6 Å². The highest BCUT2D eigenvalue weighted by Crippen LogP contribution is 2.34. The van der Waals surface area contributed by atoms with Gasteiger partial charge in [-0.15, -0.1) is 11.8 Å². The van der Waals surface area contributed by atoms with E-state index in [0.717, 1.165) is 28.2 Å². The molecule has 1 fully saturated rings. The van der Waals surface area contributed by atoms with Gasteiger partial charge in [0, 0.05) is 37.5 Å². The van der Waals surface area contributed by atoms with E-state index in [9.17, 15) is 13.2 Å². The second-order valence-electron chi connectivity index (χ2n) is 7.68. The number of fused-ring (bicyclic) bond motifs is 1. The molecule has 0 bridgehead atoms. The summed E-state index contributed by atoms with van der Waals surface area (Å²) in [5, 5.41) is 0.613. The number of thiazole rings is 1. The predicted octanol–water partition coefficient (Wildman–Crippen LogP) is 3.55. The van der Waals surface area contributed by atoms with Crippen LogP contribution in [0.1, 0.15) is 6.42 Å². The number of carbonyl (C=O) groups excluding carboxylic acids is 1. The van der Waals surface area contributed by atoms with Crippen LogP contribution in [0.5, 0.6) is 0 Å². The Morgan fingerprint density at radius 2 is 1.91 bits per heavy atom. The van der Waals surface area contributed by atoms with Gasteiger partial charge in [0.2, 0.25) is 5.91 Å². The van der Waals surface area contributed by atoms with Crippen molar-refractivity contribution in [2.75, 3.05) is 56.3 Å². The van der Waals surface area contributed by atoms with E-state index in [0.29, 0.717) is 31.4 Å². The van der Waals surface area contributed by atoms with Crippen molar-refractivity contribution >= 4 is 54.2 Å². The highest BCUT2D eigenvalue weighted by atomic mass is 32.2. The molecule has 0 atom stereocenters. The molecule has 2 heterocycles. The number of ether oxygens (including phenoxy) is 1. The molecule has 0 saturated carbocycles. The maximum Gasteiger partial charge on any atom is 0.229 e. The number of anilines is 1. The smallest absolute Gasteiger partial charge is 0.229 e. The van der Waals surface area contributed by atoms with E-state index in [2.05, 4.69) is 4.90 Å². The fourth-order valence-corrected chi connectivity index (χ4v) is 6.60. The molecular weight excluding hydrogens is 478 g/mol. The van der Waals surface area contributed by atoms with Crippen LogP contribution in [0.2, 0.25) is 0 Å². The van der Waals surface area contributed by atoms with Crippen LogP contribution < -0.4 is 4.90 Å². The third-order valence-electron chi connectivity index (χ3n) is 5.55. The number of benzene rings is 2. The zero-order chi connectivity index (χ0) is 23.3. The van der Waals surface area contributed by atoms with Crippen molar-refractivity contribution in [3.8, 4) is 0 Å². The topological polar surface area (TPSA) is 79.8 Å². The van der Waals surface area contributed by atoms with Crippen LogP contribution in [0.25, 0.3) is 10.2 Å². The molecular formula is C23H27N3O4S3. The fourth-order valence-electron chi connectivity index (χ4n) is 3.69. The molecule has 0 aliphatic carbocycles.